The molecule has 15 heavy (non-hydrogen) atoms. The molecule has 0 heterocycles. The number of amides is 1. The van der Waals surface area contributed by atoms with Gasteiger partial charge in [0.15, 0.2) is 0 Å². The SMILES string of the molecule is CCC(OC)C(=O)NC(C)CCC(=O)O. The molecule has 0 spiro atoms. The van der Waals surface area contributed by atoms with Gasteiger partial charge in [-0.05, 0) is 19.8 Å². The standard InChI is InChI=1S/C10H19NO4/c1-4-8(15-3)10(14)11-7(2)5-6-9(12)13/h7-8H,4-6H2,1-3H3,(H,11,14)(H,12,13). The Morgan fingerprint density at radius 1 is 1.47 bits per heavy atom. The van der Waals surface area contributed by atoms with E-state index in [9.17, 15) is 9.59 Å². The van der Waals surface area contributed by atoms with Crippen LogP contribution in [-0.4, -0.2) is 36.2 Å². The summed E-state index contributed by atoms with van der Waals surface area (Å²) in [6.07, 6.45) is 0.651. The number of hydrogen-bond acceptors (Lipinski definition) is 3. The zero-order valence-corrected chi connectivity index (χ0v) is 9.45. The van der Waals surface area contributed by atoms with E-state index in [1.165, 1.54) is 7.11 Å². The van der Waals surface area contributed by atoms with E-state index in [0.29, 0.717) is 12.8 Å². The Kier molecular flexibility index (Phi) is 6.70. The van der Waals surface area contributed by atoms with Gasteiger partial charge in [-0.25, -0.2) is 0 Å². The molecule has 88 valence electrons. The predicted molar refractivity (Wildman–Crippen MR) is 55.6 cm³/mol. The summed E-state index contributed by atoms with van der Waals surface area (Å²) in [5, 5.41) is 11.2. The van der Waals surface area contributed by atoms with E-state index >= 15 is 0 Å². The summed E-state index contributed by atoms with van der Waals surface area (Å²) in [7, 11) is 1.48. The Morgan fingerprint density at radius 2 is 2.07 bits per heavy atom. The van der Waals surface area contributed by atoms with Gasteiger partial charge < -0.3 is 15.2 Å². The molecule has 0 radical (unpaired) electrons. The van der Waals surface area contributed by atoms with Crippen LogP contribution in [0.15, 0.2) is 0 Å². The smallest absolute Gasteiger partial charge is 0.303 e. The first-order valence-electron chi connectivity index (χ1n) is 5.06. The van der Waals surface area contributed by atoms with Crippen LogP contribution in [0.5, 0.6) is 0 Å². The fourth-order valence-electron chi connectivity index (χ4n) is 1.21. The van der Waals surface area contributed by atoms with Gasteiger partial charge in [0.25, 0.3) is 0 Å². The van der Waals surface area contributed by atoms with E-state index in [1.807, 2.05) is 6.92 Å². The molecule has 0 aromatic carbocycles. The zero-order chi connectivity index (χ0) is 11.8. The molecule has 0 fully saturated rings. The summed E-state index contributed by atoms with van der Waals surface area (Å²) in [5.74, 6) is -1.03. The van der Waals surface area contributed by atoms with E-state index in [4.69, 9.17) is 9.84 Å². The van der Waals surface area contributed by atoms with Crippen LogP contribution < -0.4 is 5.32 Å². The van der Waals surface area contributed by atoms with Crippen molar-refractivity contribution in [3.05, 3.63) is 0 Å². The van der Waals surface area contributed by atoms with Crippen LogP contribution >= 0.6 is 0 Å². The predicted octanol–water partition coefficient (Wildman–Crippen LogP) is 0.781. The van der Waals surface area contributed by atoms with Gasteiger partial charge in [0, 0.05) is 19.6 Å². The van der Waals surface area contributed by atoms with Gasteiger partial charge in [-0.15, -0.1) is 0 Å². The molecule has 2 N–H and O–H groups in total. The quantitative estimate of drug-likeness (QED) is 0.660. The van der Waals surface area contributed by atoms with E-state index in [-0.39, 0.29) is 18.4 Å². The number of ether oxygens (including phenoxy) is 1. The van der Waals surface area contributed by atoms with Gasteiger partial charge in [0.1, 0.15) is 6.10 Å². The van der Waals surface area contributed by atoms with Gasteiger partial charge in [0.2, 0.25) is 5.91 Å². The maximum Gasteiger partial charge on any atom is 0.303 e. The van der Waals surface area contributed by atoms with Crippen LogP contribution in [0.1, 0.15) is 33.1 Å². The van der Waals surface area contributed by atoms with Crippen LogP contribution in [0.25, 0.3) is 0 Å². The van der Waals surface area contributed by atoms with Crippen LogP contribution in [0, 0.1) is 0 Å². The second-order valence-corrected chi connectivity index (χ2v) is 3.47. The summed E-state index contributed by atoms with van der Waals surface area (Å²) in [6.45, 7) is 3.64. The van der Waals surface area contributed by atoms with Gasteiger partial charge in [-0.3, -0.25) is 9.59 Å². The Balaban J connectivity index is 3.89. The van der Waals surface area contributed by atoms with Crippen LogP contribution in [0.3, 0.4) is 0 Å². The third-order valence-electron chi connectivity index (χ3n) is 2.13. The number of aliphatic carboxylic acids is 1. The normalized spacial score (nSPS) is 14.3. The number of carbonyl (C=O) groups is 2. The minimum absolute atomic E-state index is 0.0607. The Morgan fingerprint density at radius 3 is 2.47 bits per heavy atom. The highest BCUT2D eigenvalue weighted by Crippen LogP contribution is 2.00. The Labute approximate surface area is 89.8 Å². The molecule has 0 aromatic rings. The van der Waals surface area contributed by atoms with Crippen molar-refractivity contribution in [3.8, 4) is 0 Å². The number of carbonyl (C=O) groups excluding carboxylic acids is 1. The molecule has 1 amide bonds. The molecule has 0 saturated carbocycles. The van der Waals surface area contributed by atoms with Crippen molar-refractivity contribution in [3.63, 3.8) is 0 Å². The van der Waals surface area contributed by atoms with Crippen molar-refractivity contribution in [1.29, 1.82) is 0 Å². The van der Waals surface area contributed by atoms with Crippen molar-refractivity contribution >= 4 is 11.9 Å². The van der Waals surface area contributed by atoms with E-state index < -0.39 is 12.1 Å². The lowest BCUT2D eigenvalue weighted by Gasteiger charge is -2.17. The summed E-state index contributed by atoms with van der Waals surface area (Å²) in [4.78, 5) is 21.8. The van der Waals surface area contributed by atoms with Crippen molar-refractivity contribution in [2.45, 2.75) is 45.3 Å². The van der Waals surface area contributed by atoms with E-state index in [1.54, 1.807) is 6.92 Å². The van der Waals surface area contributed by atoms with Crippen molar-refractivity contribution in [2.24, 2.45) is 0 Å². The highest BCUT2D eigenvalue weighted by atomic mass is 16.5. The molecule has 0 rings (SSSR count). The van der Waals surface area contributed by atoms with Gasteiger partial charge in [0.05, 0.1) is 0 Å². The van der Waals surface area contributed by atoms with Gasteiger partial charge in [-0.2, -0.15) is 0 Å². The highest BCUT2D eigenvalue weighted by Gasteiger charge is 2.17. The third kappa shape index (κ3) is 6.06. The van der Waals surface area contributed by atoms with E-state index in [2.05, 4.69) is 5.32 Å². The molecular formula is C10H19NO4. The molecule has 5 nitrogen and oxygen atoms in total. The van der Waals surface area contributed by atoms with E-state index in [0.717, 1.165) is 0 Å². The van der Waals surface area contributed by atoms with Crippen molar-refractivity contribution in [1.82, 2.24) is 5.32 Å². The second kappa shape index (κ2) is 7.23. The van der Waals surface area contributed by atoms with Gasteiger partial charge in [-0.1, -0.05) is 6.92 Å². The summed E-state index contributed by atoms with van der Waals surface area (Å²) < 4.78 is 4.96. The first-order valence-corrected chi connectivity index (χ1v) is 5.06. The number of carboxylic acids is 1. The molecule has 0 aliphatic rings. The Bertz CT molecular complexity index is 213. The third-order valence-corrected chi connectivity index (χ3v) is 2.13. The van der Waals surface area contributed by atoms with Gasteiger partial charge >= 0.3 is 5.97 Å². The van der Waals surface area contributed by atoms with Crippen LogP contribution in [0.4, 0.5) is 0 Å². The molecule has 0 aliphatic heterocycles. The Hall–Kier alpha value is -1.10. The lowest BCUT2D eigenvalue weighted by Crippen LogP contribution is -2.40. The second-order valence-electron chi connectivity index (χ2n) is 3.47. The molecule has 0 aliphatic carbocycles. The fraction of sp³-hybridized carbons (Fsp3) is 0.800. The van der Waals surface area contributed by atoms with Crippen LogP contribution in [0.2, 0.25) is 0 Å². The average molecular weight is 217 g/mol. The highest BCUT2D eigenvalue weighted by molar-refractivity contribution is 5.81. The number of carboxylic acid groups (broad SMARTS) is 1. The largest absolute Gasteiger partial charge is 0.481 e. The average Bonchev–Trinajstić information content (AvgIpc) is 2.16. The molecule has 0 aromatic heterocycles. The maximum atomic E-state index is 11.5. The van der Waals surface area contributed by atoms with Crippen molar-refractivity contribution < 1.29 is 19.4 Å². The number of nitrogens with one attached hydrogen (secondary N) is 1. The zero-order valence-electron chi connectivity index (χ0n) is 9.45. The summed E-state index contributed by atoms with van der Waals surface area (Å²) in [6, 6.07) is -0.141. The van der Waals surface area contributed by atoms with Crippen LogP contribution in [-0.2, 0) is 14.3 Å². The van der Waals surface area contributed by atoms with Crippen molar-refractivity contribution in [2.75, 3.05) is 7.11 Å². The lowest BCUT2D eigenvalue weighted by atomic mass is 10.1. The fourth-order valence-corrected chi connectivity index (χ4v) is 1.21. The molecular weight excluding hydrogens is 198 g/mol. The lowest BCUT2D eigenvalue weighted by molar-refractivity contribution is -0.138. The molecule has 0 saturated heterocycles. The first kappa shape index (κ1) is 13.9. The minimum Gasteiger partial charge on any atom is -0.481 e. The topological polar surface area (TPSA) is 75.6 Å². The molecule has 2 unspecified atom stereocenters. The molecule has 2 atom stereocenters. The number of hydrogen-bond donors (Lipinski definition) is 2. The summed E-state index contributed by atoms with van der Waals surface area (Å²) in [5.41, 5.74) is 0. The monoisotopic (exact) mass is 217 g/mol. The molecule has 0 bridgehead atoms. The number of methoxy groups -OCH3 is 1. The maximum absolute atomic E-state index is 11.5. The first-order chi connectivity index (χ1) is 7.01. The minimum atomic E-state index is -0.852. The summed E-state index contributed by atoms with van der Waals surface area (Å²) >= 11 is 0. The molecule has 5 heteroatoms. The number of rotatable bonds is 7.